The van der Waals surface area contributed by atoms with Gasteiger partial charge in [-0.1, -0.05) is 12.1 Å². The van der Waals surface area contributed by atoms with E-state index in [-0.39, 0.29) is 12.5 Å². The molecule has 3 aromatic rings. The average molecular weight is 475 g/mol. The predicted octanol–water partition coefficient (Wildman–Crippen LogP) is 2.93. The van der Waals surface area contributed by atoms with Gasteiger partial charge in [0.1, 0.15) is 6.04 Å². The van der Waals surface area contributed by atoms with E-state index in [0.717, 1.165) is 48.4 Å². The van der Waals surface area contributed by atoms with Gasteiger partial charge in [0, 0.05) is 30.6 Å². The molecule has 0 spiro atoms. The first-order chi connectivity index (χ1) is 17.0. The molecule has 182 valence electrons. The van der Waals surface area contributed by atoms with Crippen LogP contribution in [0, 0.1) is 18.3 Å². The van der Waals surface area contributed by atoms with Gasteiger partial charge in [-0.2, -0.15) is 10.4 Å². The van der Waals surface area contributed by atoms with Gasteiger partial charge in [-0.15, -0.1) is 0 Å². The summed E-state index contributed by atoms with van der Waals surface area (Å²) >= 11 is 0. The van der Waals surface area contributed by atoms with Crippen LogP contribution >= 0.6 is 0 Å². The molecule has 2 aromatic heterocycles. The Morgan fingerprint density at radius 1 is 1.26 bits per heavy atom. The molecule has 2 N–H and O–H groups in total. The normalized spacial score (nSPS) is 15.4. The first-order valence-corrected chi connectivity index (χ1v) is 11.6. The second kappa shape index (κ2) is 11.1. The van der Waals surface area contributed by atoms with Crippen molar-refractivity contribution < 1.29 is 9.53 Å². The van der Waals surface area contributed by atoms with Crippen LogP contribution in [0.5, 0.6) is 0 Å². The molecule has 1 aromatic carbocycles. The second-order valence-electron chi connectivity index (χ2n) is 8.78. The molecule has 10 nitrogen and oxygen atoms in total. The molecule has 1 fully saturated rings. The molecule has 0 radical (unpaired) electrons. The molecule has 10 heteroatoms. The lowest BCUT2D eigenvalue weighted by molar-refractivity contribution is 0.0918. The fraction of sp³-hybridized carbons (Fsp3) is 0.400. The monoisotopic (exact) mass is 474 g/mol. The Morgan fingerprint density at radius 3 is 2.69 bits per heavy atom. The van der Waals surface area contributed by atoms with Crippen LogP contribution in [0.2, 0.25) is 0 Å². The number of methoxy groups -OCH3 is 1. The summed E-state index contributed by atoms with van der Waals surface area (Å²) in [7, 11) is 3.63. The zero-order chi connectivity index (χ0) is 24.8. The Bertz CT molecular complexity index is 1190. The molecule has 1 aliphatic rings. The van der Waals surface area contributed by atoms with Crippen LogP contribution in [-0.4, -0.2) is 70.5 Å². The number of benzene rings is 1. The van der Waals surface area contributed by atoms with Gasteiger partial charge < -0.3 is 20.3 Å². The number of aryl methyl sites for hydroxylation is 1. The summed E-state index contributed by atoms with van der Waals surface area (Å²) in [5.74, 6) is 0.148. The van der Waals surface area contributed by atoms with Crippen molar-refractivity contribution in [2.24, 2.45) is 0 Å². The maximum absolute atomic E-state index is 12.4. The number of ether oxygens (including phenoxy) is 1. The third-order valence-corrected chi connectivity index (χ3v) is 6.11. The van der Waals surface area contributed by atoms with E-state index in [9.17, 15) is 4.79 Å². The molecule has 0 saturated carbocycles. The number of carbonyl (C=O) groups excluding carboxylic acids is 1. The van der Waals surface area contributed by atoms with Crippen LogP contribution in [0.3, 0.4) is 0 Å². The first kappa shape index (κ1) is 24.3. The van der Waals surface area contributed by atoms with Crippen LogP contribution in [0.4, 0.5) is 11.6 Å². The van der Waals surface area contributed by atoms with Gasteiger partial charge in [0.05, 0.1) is 36.3 Å². The third kappa shape index (κ3) is 6.01. The number of aromatic nitrogens is 4. The number of carbonyl (C=O) groups is 1. The second-order valence-corrected chi connectivity index (χ2v) is 8.78. The average Bonchev–Trinajstić information content (AvgIpc) is 3.34. The SMILES string of the molecule is COCC(C#N)NC(=O)c1ccc(-c2nc(Nc3cnn(C4CCN(C)CC4)c3)ncc2C)cc1. The minimum atomic E-state index is -0.700. The number of nitrogens with one attached hydrogen (secondary N) is 2. The van der Waals surface area contributed by atoms with Gasteiger partial charge in [-0.25, -0.2) is 9.97 Å². The Morgan fingerprint density at radius 2 is 2.00 bits per heavy atom. The van der Waals surface area contributed by atoms with Crippen LogP contribution in [0.1, 0.15) is 34.8 Å². The largest absolute Gasteiger partial charge is 0.381 e. The number of hydrogen-bond donors (Lipinski definition) is 2. The number of nitrogens with zero attached hydrogens (tertiary/aromatic N) is 6. The molecule has 1 saturated heterocycles. The Kier molecular flexibility index (Phi) is 7.70. The van der Waals surface area contributed by atoms with Crippen molar-refractivity contribution in [1.82, 2.24) is 30.0 Å². The number of amides is 1. The zero-order valence-corrected chi connectivity index (χ0v) is 20.2. The zero-order valence-electron chi connectivity index (χ0n) is 20.2. The van der Waals surface area contributed by atoms with E-state index >= 15 is 0 Å². The van der Waals surface area contributed by atoms with Crippen molar-refractivity contribution in [2.75, 3.05) is 39.2 Å². The molecule has 1 amide bonds. The fourth-order valence-electron chi connectivity index (χ4n) is 4.08. The molecule has 0 bridgehead atoms. The van der Waals surface area contributed by atoms with Crippen molar-refractivity contribution in [3.63, 3.8) is 0 Å². The molecule has 1 unspecified atom stereocenters. The fourth-order valence-corrected chi connectivity index (χ4v) is 4.08. The van der Waals surface area contributed by atoms with Crippen LogP contribution < -0.4 is 10.6 Å². The topological polar surface area (TPSA) is 121 Å². The Balaban J connectivity index is 1.45. The minimum absolute atomic E-state index is 0.132. The third-order valence-electron chi connectivity index (χ3n) is 6.11. The highest BCUT2D eigenvalue weighted by Crippen LogP contribution is 2.25. The van der Waals surface area contributed by atoms with Gasteiger partial charge in [0.15, 0.2) is 0 Å². The Hall–Kier alpha value is -3.81. The molecular formula is C25H30N8O2. The lowest BCUT2D eigenvalue weighted by Gasteiger charge is -2.28. The lowest BCUT2D eigenvalue weighted by Crippen LogP contribution is -2.36. The van der Waals surface area contributed by atoms with Crippen molar-refractivity contribution in [3.05, 3.63) is 54.0 Å². The molecular weight excluding hydrogens is 444 g/mol. The van der Waals surface area contributed by atoms with Gasteiger partial charge in [0.25, 0.3) is 5.91 Å². The van der Waals surface area contributed by atoms with Crippen LogP contribution in [-0.2, 0) is 4.74 Å². The van der Waals surface area contributed by atoms with E-state index in [4.69, 9.17) is 15.0 Å². The van der Waals surface area contributed by atoms with Gasteiger partial charge >= 0.3 is 0 Å². The number of likely N-dealkylation sites (tertiary alicyclic amines) is 1. The van der Waals surface area contributed by atoms with E-state index in [1.807, 2.05) is 36.0 Å². The summed E-state index contributed by atoms with van der Waals surface area (Å²) in [4.78, 5) is 23.9. The quantitative estimate of drug-likeness (QED) is 0.511. The molecule has 3 heterocycles. The summed E-state index contributed by atoms with van der Waals surface area (Å²) in [6.45, 7) is 4.22. The number of anilines is 2. The number of nitriles is 1. The smallest absolute Gasteiger partial charge is 0.252 e. The van der Waals surface area contributed by atoms with Gasteiger partial charge in [-0.3, -0.25) is 9.48 Å². The summed E-state index contributed by atoms with van der Waals surface area (Å²) in [5, 5.41) is 19.6. The standard InChI is InChI=1S/C25H30N8O2/c1-17-13-27-25(30-21-14-28-33(15-21)22-8-10-32(2)11-9-22)31-23(17)18-4-6-19(7-5-18)24(34)29-20(12-26)16-35-3/h4-7,13-15,20,22H,8-11,16H2,1-3H3,(H,29,34)(H,27,30,31). The van der Waals surface area contributed by atoms with Gasteiger partial charge in [-0.05, 0) is 57.6 Å². The summed E-state index contributed by atoms with van der Waals surface area (Å²) in [5.41, 5.74) is 3.84. The number of rotatable bonds is 8. The van der Waals surface area contributed by atoms with Crippen molar-refractivity contribution in [1.29, 1.82) is 5.26 Å². The number of hydrogen-bond acceptors (Lipinski definition) is 8. The molecule has 0 aliphatic carbocycles. The van der Waals surface area contributed by atoms with Crippen LogP contribution in [0.25, 0.3) is 11.3 Å². The minimum Gasteiger partial charge on any atom is -0.381 e. The number of piperidine rings is 1. The van der Waals surface area contributed by atoms with Crippen molar-refractivity contribution in [3.8, 4) is 17.3 Å². The lowest BCUT2D eigenvalue weighted by atomic mass is 10.1. The maximum Gasteiger partial charge on any atom is 0.252 e. The molecule has 35 heavy (non-hydrogen) atoms. The molecule has 1 atom stereocenters. The molecule has 4 rings (SSSR count). The molecule has 1 aliphatic heterocycles. The highest BCUT2D eigenvalue weighted by molar-refractivity contribution is 5.95. The summed E-state index contributed by atoms with van der Waals surface area (Å²) in [6.07, 6.45) is 7.74. The highest BCUT2D eigenvalue weighted by Gasteiger charge is 2.19. The highest BCUT2D eigenvalue weighted by atomic mass is 16.5. The summed E-state index contributed by atoms with van der Waals surface area (Å²) in [6, 6.07) is 8.82. The van der Waals surface area contributed by atoms with E-state index in [2.05, 4.69) is 32.7 Å². The summed E-state index contributed by atoms with van der Waals surface area (Å²) < 4.78 is 6.97. The maximum atomic E-state index is 12.4. The Labute approximate surface area is 204 Å². The van der Waals surface area contributed by atoms with Crippen LogP contribution in [0.15, 0.2) is 42.9 Å². The van der Waals surface area contributed by atoms with E-state index < -0.39 is 6.04 Å². The van der Waals surface area contributed by atoms with Crippen molar-refractivity contribution in [2.45, 2.75) is 31.8 Å². The first-order valence-electron chi connectivity index (χ1n) is 11.6. The van der Waals surface area contributed by atoms with Gasteiger partial charge in [0.2, 0.25) is 5.95 Å². The van der Waals surface area contributed by atoms with Crippen molar-refractivity contribution >= 4 is 17.5 Å². The predicted molar refractivity (Wildman–Crippen MR) is 132 cm³/mol. The van der Waals surface area contributed by atoms with E-state index in [1.54, 1.807) is 24.5 Å². The van der Waals surface area contributed by atoms with E-state index in [1.165, 1.54) is 7.11 Å². The van der Waals surface area contributed by atoms with E-state index in [0.29, 0.717) is 17.6 Å².